The maximum atomic E-state index is 10.6. The molecule has 0 fully saturated rings. The van der Waals surface area contributed by atoms with E-state index in [9.17, 15) is 19.2 Å². The van der Waals surface area contributed by atoms with Crippen molar-refractivity contribution in [2.45, 2.75) is 52.6 Å². The molecule has 0 amide bonds. The van der Waals surface area contributed by atoms with Crippen LogP contribution in [-0.2, 0) is 28.7 Å². The van der Waals surface area contributed by atoms with Crippen LogP contribution in [0.15, 0.2) is 10.2 Å². The maximum Gasteiger partial charge on any atom is 0.332 e. The van der Waals surface area contributed by atoms with Gasteiger partial charge in [-0.05, 0) is 55.0 Å². The van der Waals surface area contributed by atoms with E-state index in [-0.39, 0.29) is 25.5 Å². The molecule has 0 aromatic rings. The van der Waals surface area contributed by atoms with Gasteiger partial charge >= 0.3 is 16.5 Å². The third-order valence-electron chi connectivity index (χ3n) is 2.76. The Morgan fingerprint density at radius 1 is 0.914 bits per heavy atom. The lowest BCUT2D eigenvalue weighted by Crippen LogP contribution is -2.22. The Labute approximate surface area is 213 Å². The monoisotopic (exact) mass is 556 g/mol. The molecule has 0 aliphatic rings. The standard InChI is InChI=1S/C6H11N3O2.C5H9N3O3.C4H10N2Si.C2Cl2O2/c1-5(10)6(2)11-4-3-8-9-7;1-4(5(9)10)11-3-2-7-8-6;1-7(2,3)4-6-5;3-1(5)2(4)6/h6H,3-4H2,1-2H3;4H,2-3H2,1H3,(H,9,10);4H,1-3H3;. The van der Waals surface area contributed by atoms with Gasteiger partial charge in [-0.15, -0.1) is 0 Å². The van der Waals surface area contributed by atoms with Gasteiger partial charge in [-0.1, -0.05) is 29.9 Å². The zero-order valence-electron chi connectivity index (χ0n) is 20.3. The van der Waals surface area contributed by atoms with Crippen LogP contribution in [0.1, 0.15) is 20.8 Å². The first-order valence-corrected chi connectivity index (χ1v) is 14.0. The van der Waals surface area contributed by atoms with Crippen molar-refractivity contribution in [1.82, 2.24) is 0 Å². The van der Waals surface area contributed by atoms with E-state index in [2.05, 4.69) is 67.7 Å². The zero-order chi connectivity index (χ0) is 28.4. The zero-order valence-corrected chi connectivity index (χ0v) is 22.8. The van der Waals surface area contributed by atoms with Gasteiger partial charge in [0.15, 0.2) is 20.0 Å². The minimum Gasteiger partial charge on any atom is -0.479 e. The summed E-state index contributed by atoms with van der Waals surface area (Å²) in [5.74, 6) is 0.587. The number of ketones is 1. The van der Waals surface area contributed by atoms with E-state index in [1.807, 2.05) is 0 Å². The van der Waals surface area contributed by atoms with E-state index in [0.29, 0.717) is 6.61 Å². The van der Waals surface area contributed by atoms with Crippen LogP contribution in [0.5, 0.6) is 0 Å². The van der Waals surface area contributed by atoms with Crippen molar-refractivity contribution in [2.75, 3.05) is 26.3 Å². The number of carbonyl (C=O) groups excluding carboxylic acids is 3. The molecule has 0 rings (SSSR count). The maximum absolute atomic E-state index is 10.6. The molecule has 0 aliphatic heterocycles. The molecule has 0 radical (unpaired) electrons. The van der Waals surface area contributed by atoms with Gasteiger partial charge < -0.3 is 20.1 Å². The summed E-state index contributed by atoms with van der Waals surface area (Å²) in [6.45, 7) is 11.7. The van der Waals surface area contributed by atoms with E-state index in [1.165, 1.54) is 13.8 Å². The normalized spacial score (nSPS) is 10.7. The molecule has 0 saturated heterocycles. The average molecular weight is 557 g/mol. The molecule has 0 bridgehead atoms. The Bertz CT molecular complexity index is 755. The van der Waals surface area contributed by atoms with Gasteiger partial charge in [-0.25, -0.2) is 4.79 Å². The van der Waals surface area contributed by atoms with Crippen LogP contribution in [0.25, 0.3) is 26.4 Å². The summed E-state index contributed by atoms with van der Waals surface area (Å²) in [4.78, 5) is 47.5. The molecular formula is C17H30Cl2N8O7Si. The molecular weight excluding hydrogens is 527 g/mol. The third kappa shape index (κ3) is 41.9. The molecule has 0 aliphatic carbocycles. The predicted molar refractivity (Wildman–Crippen MR) is 132 cm³/mol. The first-order chi connectivity index (χ1) is 16.1. The molecule has 35 heavy (non-hydrogen) atoms. The van der Waals surface area contributed by atoms with Gasteiger partial charge in [-0.2, -0.15) is 4.79 Å². The number of Topliss-reactive ketones (excluding diaryl/α,β-unsaturated/α-hetero) is 1. The van der Waals surface area contributed by atoms with Crippen LogP contribution in [0.3, 0.4) is 0 Å². The largest absolute Gasteiger partial charge is 0.479 e. The van der Waals surface area contributed by atoms with Gasteiger partial charge in [0.25, 0.3) is 0 Å². The lowest BCUT2D eigenvalue weighted by atomic mass is 10.3. The van der Waals surface area contributed by atoms with Crippen molar-refractivity contribution in [2.24, 2.45) is 10.2 Å². The number of ether oxygens (including phenoxy) is 2. The van der Waals surface area contributed by atoms with Crippen molar-refractivity contribution in [3.05, 3.63) is 26.4 Å². The average Bonchev–Trinajstić information content (AvgIpc) is 2.74. The van der Waals surface area contributed by atoms with Gasteiger partial charge in [-0.3, -0.25) is 14.4 Å². The minimum absolute atomic E-state index is 0.0223. The van der Waals surface area contributed by atoms with E-state index in [1.54, 1.807) is 12.8 Å². The van der Waals surface area contributed by atoms with Crippen LogP contribution >= 0.6 is 23.2 Å². The summed E-state index contributed by atoms with van der Waals surface area (Å²) in [6, 6.07) is 0. The molecule has 0 saturated carbocycles. The Hall–Kier alpha value is -2.80. The fourth-order valence-electron chi connectivity index (χ4n) is 0.992. The number of hydrogen-bond donors (Lipinski definition) is 1. The molecule has 2 atom stereocenters. The highest BCUT2D eigenvalue weighted by atomic mass is 35.5. The van der Waals surface area contributed by atoms with Crippen molar-refractivity contribution in [3.8, 4) is 0 Å². The first kappa shape index (κ1) is 39.4. The summed E-state index contributed by atoms with van der Waals surface area (Å²) in [6.07, 6.45) is -1.24. The van der Waals surface area contributed by atoms with Crippen LogP contribution in [0, 0.1) is 0 Å². The number of azide groups is 2. The van der Waals surface area contributed by atoms with Crippen molar-refractivity contribution < 1.29 is 38.5 Å². The number of hydrogen-bond acceptors (Lipinski definition) is 8. The molecule has 18 heteroatoms. The SMILES string of the molecule is CC(=O)C(C)OCCN=[N+]=[N-].CC(OCCN=[N+]=[N-])C(=O)O.C[Si](C)(C)C=[N+]=[N-].O=C(Cl)C(=O)Cl. The molecule has 2 unspecified atom stereocenters. The predicted octanol–water partition coefficient (Wildman–Crippen LogP) is 3.76. The molecule has 1 N–H and O–H groups in total. The fraction of sp³-hybridized carbons (Fsp3) is 0.706. The third-order valence-corrected chi connectivity index (χ3v) is 4.09. The first-order valence-electron chi connectivity index (χ1n) is 9.63. The highest BCUT2D eigenvalue weighted by molar-refractivity contribution is 6.98. The van der Waals surface area contributed by atoms with E-state index in [0.717, 1.165) is 0 Å². The summed E-state index contributed by atoms with van der Waals surface area (Å²) in [5, 5.41) is 12.4. The molecule has 0 heterocycles. The summed E-state index contributed by atoms with van der Waals surface area (Å²) >= 11 is 8.98. The number of carboxylic acid groups (broad SMARTS) is 1. The molecule has 0 aromatic heterocycles. The van der Waals surface area contributed by atoms with Gasteiger partial charge in [0.1, 0.15) is 6.10 Å². The Morgan fingerprint density at radius 3 is 1.49 bits per heavy atom. The summed E-state index contributed by atoms with van der Waals surface area (Å²) < 4.78 is 9.73. The lowest BCUT2D eigenvalue weighted by molar-refractivity contribution is -0.148. The van der Waals surface area contributed by atoms with Gasteiger partial charge in [0, 0.05) is 22.9 Å². The van der Waals surface area contributed by atoms with E-state index >= 15 is 0 Å². The number of nitrogens with zero attached hydrogens (tertiary/aromatic N) is 8. The van der Waals surface area contributed by atoms with Crippen LogP contribution < -0.4 is 0 Å². The summed E-state index contributed by atoms with van der Waals surface area (Å²) in [7, 11) is -1.20. The van der Waals surface area contributed by atoms with Crippen LogP contribution in [0.2, 0.25) is 19.6 Å². The Balaban J connectivity index is -0.000000189. The molecule has 15 nitrogen and oxygen atoms in total. The number of halogens is 2. The second kappa shape index (κ2) is 25.8. The highest BCUT2D eigenvalue weighted by Gasteiger charge is 2.14. The quantitative estimate of drug-likeness (QED) is 0.0543. The van der Waals surface area contributed by atoms with Crippen LogP contribution in [0.4, 0.5) is 0 Å². The van der Waals surface area contributed by atoms with E-state index in [4.69, 9.17) is 31.2 Å². The topological polar surface area (TPSA) is 241 Å². The molecule has 0 spiro atoms. The summed E-state index contributed by atoms with van der Waals surface area (Å²) in [5.41, 5.74) is 23.7. The molecule has 0 aromatic carbocycles. The highest BCUT2D eigenvalue weighted by Crippen LogP contribution is 1.92. The van der Waals surface area contributed by atoms with Crippen molar-refractivity contribution >= 4 is 59.4 Å². The van der Waals surface area contributed by atoms with Gasteiger partial charge in [0.2, 0.25) is 5.84 Å². The van der Waals surface area contributed by atoms with E-state index < -0.39 is 36.7 Å². The number of rotatable bonds is 12. The number of carbonyl (C=O) groups is 4. The minimum atomic E-state index is -1.20. The van der Waals surface area contributed by atoms with Crippen molar-refractivity contribution in [3.63, 3.8) is 0 Å². The van der Waals surface area contributed by atoms with Crippen molar-refractivity contribution in [1.29, 1.82) is 0 Å². The van der Waals surface area contributed by atoms with Gasteiger partial charge in [0.05, 0.1) is 13.2 Å². The second-order valence-corrected chi connectivity index (χ2v) is 12.7. The van der Waals surface area contributed by atoms with Crippen LogP contribution in [-0.4, -0.2) is 84.6 Å². The Kier molecular flexibility index (Phi) is 29.1. The Morgan fingerprint density at radius 2 is 1.29 bits per heavy atom. The smallest absolute Gasteiger partial charge is 0.332 e. The number of carboxylic acids is 1. The fourth-order valence-corrected chi connectivity index (χ4v) is 1.34. The number of aliphatic carboxylic acids is 1. The lowest BCUT2D eigenvalue weighted by Gasteiger charge is -2.06. The second-order valence-electron chi connectivity index (χ2n) is 7.04. The molecule has 198 valence electrons.